The number of carbonyl (C=O) groups excluding carboxylic acids is 5. The number of carboxylic acid groups (broad SMARTS) is 1. The number of nitrogens with zero attached hydrogens (tertiary/aromatic N) is 2. The number of thioether (sulfide) groups is 1. The van der Waals surface area contributed by atoms with Gasteiger partial charge in [0, 0.05) is 61.4 Å². The maximum Gasteiger partial charge on any atom is 0.327 e. The van der Waals surface area contributed by atoms with Crippen LogP contribution in [0.1, 0.15) is 50.9 Å². The minimum atomic E-state index is -1.32. The highest BCUT2D eigenvalue weighted by Gasteiger charge is 2.39. The predicted octanol–water partition coefficient (Wildman–Crippen LogP) is 1.53. The summed E-state index contributed by atoms with van der Waals surface area (Å²) >= 11 is 0.937. The van der Waals surface area contributed by atoms with E-state index in [1.165, 1.54) is 4.90 Å². The van der Waals surface area contributed by atoms with E-state index in [2.05, 4.69) is 21.3 Å². The van der Waals surface area contributed by atoms with Crippen LogP contribution in [-0.2, 0) is 35.3 Å². The fourth-order valence-corrected chi connectivity index (χ4v) is 7.63. The topological polar surface area (TPSA) is 225 Å². The molecule has 2 heterocycles. The molecule has 8 N–H and O–H groups in total. The van der Waals surface area contributed by atoms with Crippen molar-refractivity contribution in [3.05, 3.63) is 83.7 Å². The van der Waals surface area contributed by atoms with Gasteiger partial charge in [0.2, 0.25) is 29.5 Å². The lowest BCUT2D eigenvalue weighted by Crippen LogP contribution is -2.59. The summed E-state index contributed by atoms with van der Waals surface area (Å²) < 4.78 is 31.2. The first kappa shape index (κ1) is 44.4. The highest BCUT2D eigenvalue weighted by Crippen LogP contribution is 2.41. The van der Waals surface area contributed by atoms with E-state index in [1.54, 1.807) is 12.3 Å². The third kappa shape index (κ3) is 12.3. The standard InChI is InChI=1S/C39H49F2N7O8S/c1-39(2,3)35(29-16-24(26-17-25(40)11-12-27(26)41)20-47(29)19-23-8-5-4-6-9-23)48(32(52)21-49)15-7-10-30(50)43-13-14-44-31(51)18-45-36(53)33(42)34-37(54)46-28(22-57-34)38(55)56/h4-6,8-9,11-12,16-17,20,28,33-35,49H,7,10,13-15,18-19,21-22,42H2,1-3H3,(H,43,50)(H,44,51)(H,45,53)(H,46,54)(H,55,56)/t28?,33-,34+,35-/m0/s1. The number of carbonyl (C=O) groups is 6. The minimum Gasteiger partial charge on any atom is -0.480 e. The number of amides is 5. The predicted molar refractivity (Wildman–Crippen MR) is 208 cm³/mol. The van der Waals surface area contributed by atoms with Gasteiger partial charge in [-0.15, -0.1) is 11.8 Å². The smallest absolute Gasteiger partial charge is 0.327 e. The van der Waals surface area contributed by atoms with E-state index in [0.717, 1.165) is 35.5 Å². The van der Waals surface area contributed by atoms with Crippen molar-refractivity contribution in [1.29, 1.82) is 0 Å². The Morgan fingerprint density at radius 2 is 1.70 bits per heavy atom. The van der Waals surface area contributed by atoms with Gasteiger partial charge in [-0.05, 0) is 41.7 Å². The van der Waals surface area contributed by atoms with Crippen LogP contribution in [0, 0.1) is 17.0 Å². The molecule has 2 aromatic carbocycles. The average Bonchev–Trinajstić information content (AvgIpc) is 3.57. The fraction of sp³-hybridized carbons (Fsp3) is 0.436. The van der Waals surface area contributed by atoms with Crippen LogP contribution in [0.2, 0.25) is 0 Å². The third-order valence-corrected chi connectivity index (χ3v) is 10.6. The first-order chi connectivity index (χ1) is 27.0. The number of halogens is 2. The Kier molecular flexibility index (Phi) is 15.7. The Morgan fingerprint density at radius 1 is 1.02 bits per heavy atom. The van der Waals surface area contributed by atoms with Crippen molar-refractivity contribution in [1.82, 2.24) is 30.7 Å². The van der Waals surface area contributed by atoms with Crippen molar-refractivity contribution in [3.63, 3.8) is 0 Å². The summed E-state index contributed by atoms with van der Waals surface area (Å²) in [6.07, 6.45) is 1.92. The molecule has 1 aliphatic heterocycles. The molecule has 4 rings (SSSR count). The van der Waals surface area contributed by atoms with Crippen LogP contribution in [0.5, 0.6) is 0 Å². The highest BCUT2D eigenvalue weighted by molar-refractivity contribution is 8.00. The summed E-state index contributed by atoms with van der Waals surface area (Å²) in [6.45, 7) is 5.03. The van der Waals surface area contributed by atoms with Gasteiger partial charge in [-0.3, -0.25) is 24.0 Å². The number of aliphatic carboxylic acids is 1. The molecule has 1 aliphatic rings. The number of aromatic nitrogens is 1. The van der Waals surface area contributed by atoms with Crippen molar-refractivity contribution in [2.24, 2.45) is 11.1 Å². The van der Waals surface area contributed by atoms with Crippen molar-refractivity contribution < 1.29 is 47.8 Å². The molecule has 0 spiro atoms. The Labute approximate surface area is 333 Å². The molecule has 15 nitrogen and oxygen atoms in total. The first-order valence-corrected chi connectivity index (χ1v) is 19.4. The van der Waals surface area contributed by atoms with Gasteiger partial charge in [0.1, 0.15) is 35.6 Å². The Hall–Kier alpha value is -5.33. The number of nitrogens with one attached hydrogen (secondary N) is 4. The highest BCUT2D eigenvalue weighted by atomic mass is 32.2. The zero-order valence-electron chi connectivity index (χ0n) is 31.9. The molecular formula is C39H49F2N7O8S. The molecule has 0 bridgehead atoms. The lowest BCUT2D eigenvalue weighted by Gasteiger charge is -2.41. The monoisotopic (exact) mass is 813 g/mol. The van der Waals surface area contributed by atoms with Crippen molar-refractivity contribution in [2.75, 3.05) is 38.5 Å². The Balaban J connectivity index is 1.33. The fourth-order valence-electron chi connectivity index (χ4n) is 6.46. The first-order valence-electron chi connectivity index (χ1n) is 18.3. The van der Waals surface area contributed by atoms with Crippen LogP contribution in [0.4, 0.5) is 8.78 Å². The maximum atomic E-state index is 15.0. The summed E-state index contributed by atoms with van der Waals surface area (Å²) in [6, 6.07) is 11.4. The maximum absolute atomic E-state index is 15.0. The van der Waals surface area contributed by atoms with E-state index in [-0.39, 0.29) is 49.7 Å². The molecule has 4 atom stereocenters. The molecule has 0 saturated carbocycles. The van der Waals surface area contributed by atoms with Gasteiger partial charge in [-0.25, -0.2) is 13.6 Å². The molecule has 0 aliphatic carbocycles. The number of nitrogens with two attached hydrogens (primary N) is 1. The van der Waals surface area contributed by atoms with Gasteiger partial charge in [-0.1, -0.05) is 51.1 Å². The van der Waals surface area contributed by atoms with Crippen LogP contribution in [-0.4, -0.2) is 111 Å². The molecule has 18 heteroatoms. The molecule has 3 aromatic rings. The molecule has 0 radical (unpaired) electrons. The Bertz CT molecular complexity index is 1920. The summed E-state index contributed by atoms with van der Waals surface area (Å²) in [5.41, 5.74) is 7.27. The molecule has 1 aromatic heterocycles. The van der Waals surface area contributed by atoms with E-state index in [1.807, 2.05) is 55.7 Å². The number of aliphatic hydroxyl groups is 1. The second kappa shape index (κ2) is 20.2. The normalized spacial score (nSPS) is 16.5. The molecule has 1 fully saturated rings. The van der Waals surface area contributed by atoms with Crippen molar-refractivity contribution in [3.8, 4) is 11.1 Å². The van der Waals surface area contributed by atoms with Crippen LogP contribution in [0.25, 0.3) is 11.1 Å². The number of hydrogen-bond acceptors (Lipinski definition) is 9. The molecule has 308 valence electrons. The van der Waals surface area contributed by atoms with Gasteiger partial charge in [0.05, 0.1) is 12.6 Å². The summed E-state index contributed by atoms with van der Waals surface area (Å²) in [5, 5.41) is 27.9. The second-order valence-electron chi connectivity index (χ2n) is 14.6. The van der Waals surface area contributed by atoms with E-state index in [4.69, 9.17) is 10.8 Å². The number of aliphatic hydroxyl groups excluding tert-OH is 1. The molecular weight excluding hydrogens is 765 g/mol. The van der Waals surface area contributed by atoms with Crippen LogP contribution >= 0.6 is 11.8 Å². The summed E-state index contributed by atoms with van der Waals surface area (Å²) in [5.74, 6) is -5.37. The van der Waals surface area contributed by atoms with Gasteiger partial charge in [0.25, 0.3) is 0 Å². The van der Waals surface area contributed by atoms with Crippen molar-refractivity contribution >= 4 is 47.3 Å². The SMILES string of the molecule is CC(C)(C)[C@H](c1cc(-c2cc(F)ccc2F)cn1Cc1ccccc1)N(CCCC(=O)NCCNC(=O)CNC(=O)[C@@H](N)[C@H]1SCC(C(=O)O)NC1=O)C(=O)CO. The van der Waals surface area contributed by atoms with Crippen LogP contribution < -0.4 is 27.0 Å². The van der Waals surface area contributed by atoms with Gasteiger partial charge >= 0.3 is 5.97 Å². The quantitative estimate of drug-likeness (QED) is 0.0918. The third-order valence-electron chi connectivity index (χ3n) is 9.17. The number of carboxylic acids is 1. The molecule has 1 unspecified atom stereocenters. The second-order valence-corrected chi connectivity index (χ2v) is 15.8. The lowest BCUT2D eigenvalue weighted by molar-refractivity contribution is -0.141. The largest absolute Gasteiger partial charge is 0.480 e. The zero-order chi connectivity index (χ0) is 41.9. The van der Waals surface area contributed by atoms with Crippen LogP contribution in [0.3, 0.4) is 0 Å². The summed E-state index contributed by atoms with van der Waals surface area (Å²) in [7, 11) is 0. The Morgan fingerprint density at radius 3 is 2.33 bits per heavy atom. The van der Waals surface area contributed by atoms with E-state index in [9.17, 15) is 38.3 Å². The molecule has 5 amide bonds. The number of hydrogen-bond donors (Lipinski definition) is 7. The molecule has 57 heavy (non-hydrogen) atoms. The van der Waals surface area contributed by atoms with Gasteiger partial charge in [-0.2, -0.15) is 0 Å². The van der Waals surface area contributed by atoms with Crippen molar-refractivity contribution in [2.45, 2.75) is 63.5 Å². The molecule has 1 saturated heterocycles. The van der Waals surface area contributed by atoms with Gasteiger partial charge < -0.3 is 46.7 Å². The lowest BCUT2D eigenvalue weighted by atomic mass is 9.82. The van der Waals surface area contributed by atoms with E-state index >= 15 is 4.39 Å². The number of rotatable bonds is 18. The number of benzene rings is 2. The van der Waals surface area contributed by atoms with E-state index < -0.39 is 83.2 Å². The van der Waals surface area contributed by atoms with Crippen LogP contribution in [0.15, 0.2) is 60.8 Å². The average molecular weight is 814 g/mol. The zero-order valence-corrected chi connectivity index (χ0v) is 32.7. The van der Waals surface area contributed by atoms with E-state index in [0.29, 0.717) is 17.8 Å². The van der Waals surface area contributed by atoms with Gasteiger partial charge in [0.15, 0.2) is 0 Å². The minimum absolute atomic E-state index is 0.00128. The summed E-state index contributed by atoms with van der Waals surface area (Å²) in [4.78, 5) is 75.7.